The van der Waals surface area contributed by atoms with Gasteiger partial charge in [-0.2, -0.15) is 0 Å². The van der Waals surface area contributed by atoms with Gasteiger partial charge in [-0.05, 0) is 48.1 Å². The summed E-state index contributed by atoms with van der Waals surface area (Å²) in [7, 11) is 0. The fraction of sp³-hybridized carbons (Fsp3) is 0.300. The first-order valence-electron chi connectivity index (χ1n) is 8.83. The third-order valence-electron chi connectivity index (χ3n) is 4.50. The van der Waals surface area contributed by atoms with Gasteiger partial charge in [-0.25, -0.2) is 0 Å². The van der Waals surface area contributed by atoms with E-state index in [4.69, 9.17) is 10.3 Å². The monoisotopic (exact) mass is 364 g/mol. The minimum absolute atomic E-state index is 0.213. The van der Waals surface area contributed by atoms with Crippen molar-refractivity contribution in [1.82, 2.24) is 0 Å². The van der Waals surface area contributed by atoms with E-state index in [1.807, 2.05) is 48.5 Å². The van der Waals surface area contributed by atoms with Crippen molar-refractivity contribution in [1.29, 1.82) is 0 Å². The third-order valence-corrected chi connectivity index (χ3v) is 4.50. The minimum atomic E-state index is -0.836. The highest BCUT2D eigenvalue weighted by molar-refractivity contribution is 6.02. The van der Waals surface area contributed by atoms with Crippen molar-refractivity contribution in [3.8, 4) is 11.1 Å². The number of hydrogen-bond acceptors (Lipinski definition) is 4. The Morgan fingerprint density at radius 2 is 2.04 bits per heavy atom. The predicted molar refractivity (Wildman–Crippen MR) is 102 cm³/mol. The zero-order valence-corrected chi connectivity index (χ0v) is 15.0. The van der Waals surface area contributed by atoms with Crippen molar-refractivity contribution < 1.29 is 14.3 Å². The van der Waals surface area contributed by atoms with E-state index in [0.29, 0.717) is 18.5 Å². The van der Waals surface area contributed by atoms with Crippen LogP contribution in [-0.2, 0) is 20.7 Å². The number of amides is 1. The minimum Gasteiger partial charge on any atom is -0.465 e. The summed E-state index contributed by atoms with van der Waals surface area (Å²) in [6.45, 7) is 1.74. The maximum atomic E-state index is 12.9. The van der Waals surface area contributed by atoms with E-state index in [9.17, 15) is 9.59 Å². The molecule has 0 bridgehead atoms. The molecule has 0 N–H and O–H groups in total. The number of hydrogen-bond donors (Lipinski definition) is 0. The van der Waals surface area contributed by atoms with Crippen LogP contribution in [0, 0.1) is 0 Å². The number of nitrogens with zero attached hydrogens (tertiary/aromatic N) is 4. The van der Waals surface area contributed by atoms with Gasteiger partial charge in [0.15, 0.2) is 0 Å². The average Bonchev–Trinajstić information content (AvgIpc) is 2.81. The quantitative estimate of drug-likeness (QED) is 0.349. The Labute approximate surface area is 157 Å². The summed E-state index contributed by atoms with van der Waals surface area (Å²) < 4.78 is 5.02. The predicted octanol–water partition coefficient (Wildman–Crippen LogP) is 3.87. The maximum Gasteiger partial charge on any atom is 0.326 e. The third kappa shape index (κ3) is 4.10. The SMILES string of the molecule is CCOC(=O)CN1C(=O)C(N=[N+]=[N-])CCc2ccc(-c3ccccc3)cc21. The first kappa shape index (κ1) is 18.5. The van der Waals surface area contributed by atoms with E-state index >= 15 is 0 Å². The molecule has 1 heterocycles. The largest absolute Gasteiger partial charge is 0.465 e. The smallest absolute Gasteiger partial charge is 0.326 e. The molecule has 7 heteroatoms. The molecule has 2 aromatic rings. The van der Waals surface area contributed by atoms with E-state index in [2.05, 4.69) is 10.0 Å². The first-order valence-corrected chi connectivity index (χ1v) is 8.83. The molecule has 0 aliphatic carbocycles. The number of fused-ring (bicyclic) bond motifs is 1. The molecule has 0 saturated heterocycles. The molecule has 2 aromatic carbocycles. The molecule has 1 amide bonds. The summed E-state index contributed by atoms with van der Waals surface area (Å²) in [5.41, 5.74) is 12.3. The second-order valence-electron chi connectivity index (χ2n) is 6.20. The van der Waals surface area contributed by atoms with Crippen molar-refractivity contribution in [2.24, 2.45) is 5.11 Å². The van der Waals surface area contributed by atoms with Gasteiger partial charge in [0.1, 0.15) is 12.6 Å². The number of carbonyl (C=O) groups is 2. The van der Waals surface area contributed by atoms with E-state index in [-0.39, 0.29) is 19.1 Å². The van der Waals surface area contributed by atoms with Gasteiger partial charge in [-0.15, -0.1) is 0 Å². The van der Waals surface area contributed by atoms with Gasteiger partial charge < -0.3 is 9.64 Å². The van der Waals surface area contributed by atoms with Crippen LogP contribution < -0.4 is 4.90 Å². The Morgan fingerprint density at radius 3 is 2.74 bits per heavy atom. The van der Waals surface area contributed by atoms with E-state index in [1.165, 1.54) is 4.90 Å². The molecule has 0 radical (unpaired) electrons. The summed E-state index contributed by atoms with van der Waals surface area (Å²) in [4.78, 5) is 29.2. The molecule has 1 unspecified atom stereocenters. The topological polar surface area (TPSA) is 95.4 Å². The zero-order chi connectivity index (χ0) is 19.2. The van der Waals surface area contributed by atoms with Crippen LogP contribution in [0.25, 0.3) is 21.6 Å². The summed E-state index contributed by atoms with van der Waals surface area (Å²) in [5, 5.41) is 3.63. The Morgan fingerprint density at radius 1 is 1.26 bits per heavy atom. The standard InChI is InChI=1S/C20H20N4O3/c1-2-27-19(25)13-24-18-12-16(14-6-4-3-5-7-14)9-8-15(18)10-11-17(20(24)26)22-23-21/h3-9,12,17H,2,10-11,13H2,1H3. The number of rotatable bonds is 5. The molecule has 27 heavy (non-hydrogen) atoms. The lowest BCUT2D eigenvalue weighted by Gasteiger charge is -2.24. The van der Waals surface area contributed by atoms with E-state index in [0.717, 1.165) is 16.7 Å². The molecule has 0 spiro atoms. The molecule has 7 nitrogen and oxygen atoms in total. The molecule has 1 aliphatic rings. The van der Waals surface area contributed by atoms with E-state index < -0.39 is 12.0 Å². The van der Waals surface area contributed by atoms with Gasteiger partial charge in [0.25, 0.3) is 0 Å². The molecule has 138 valence electrons. The fourth-order valence-corrected chi connectivity index (χ4v) is 3.22. The average molecular weight is 364 g/mol. The summed E-state index contributed by atoms with van der Waals surface area (Å²) in [6.07, 6.45) is 0.985. The number of anilines is 1. The Hall–Kier alpha value is -3.31. The van der Waals surface area contributed by atoms with Crippen LogP contribution in [0.15, 0.2) is 53.6 Å². The van der Waals surface area contributed by atoms with Crippen LogP contribution >= 0.6 is 0 Å². The highest BCUT2D eigenvalue weighted by Gasteiger charge is 2.31. The van der Waals surface area contributed by atoms with Gasteiger partial charge in [0.05, 0.1) is 6.61 Å². The van der Waals surface area contributed by atoms with Gasteiger partial charge in [-0.1, -0.05) is 47.6 Å². The number of aryl methyl sites for hydroxylation is 1. The van der Waals surface area contributed by atoms with Crippen molar-refractivity contribution >= 4 is 17.6 Å². The fourth-order valence-electron chi connectivity index (χ4n) is 3.22. The van der Waals surface area contributed by atoms with Gasteiger partial charge in [0, 0.05) is 10.6 Å². The van der Waals surface area contributed by atoms with Crippen LogP contribution in [0.2, 0.25) is 0 Å². The van der Waals surface area contributed by atoms with Crippen molar-refractivity contribution in [2.75, 3.05) is 18.1 Å². The van der Waals surface area contributed by atoms with Gasteiger partial charge >= 0.3 is 5.97 Å². The molecular weight excluding hydrogens is 344 g/mol. The second kappa shape index (κ2) is 8.38. The van der Waals surface area contributed by atoms with Crippen LogP contribution in [-0.4, -0.2) is 31.1 Å². The Balaban J connectivity index is 2.05. The Bertz CT molecular complexity index is 891. The van der Waals surface area contributed by atoms with Crippen molar-refractivity contribution in [3.05, 3.63) is 64.5 Å². The van der Waals surface area contributed by atoms with Gasteiger partial charge in [-0.3, -0.25) is 9.59 Å². The lowest BCUT2D eigenvalue weighted by atomic mass is 10.00. The lowest BCUT2D eigenvalue weighted by molar-refractivity contribution is -0.142. The molecule has 0 saturated carbocycles. The maximum absolute atomic E-state index is 12.9. The zero-order valence-electron chi connectivity index (χ0n) is 15.0. The van der Waals surface area contributed by atoms with Crippen LogP contribution in [0.5, 0.6) is 0 Å². The number of carbonyl (C=O) groups excluding carboxylic acids is 2. The summed E-state index contributed by atoms with van der Waals surface area (Å²) in [5.74, 6) is -0.881. The Kier molecular flexibility index (Phi) is 5.74. The molecule has 0 fully saturated rings. The van der Waals surface area contributed by atoms with Crippen LogP contribution in [0.3, 0.4) is 0 Å². The lowest BCUT2D eigenvalue weighted by Crippen LogP contribution is -2.41. The summed E-state index contributed by atoms with van der Waals surface area (Å²) in [6, 6.07) is 14.8. The first-order chi connectivity index (χ1) is 13.1. The molecule has 0 aromatic heterocycles. The normalized spacial score (nSPS) is 16.1. The molecule has 1 aliphatic heterocycles. The van der Waals surface area contributed by atoms with E-state index in [1.54, 1.807) is 6.92 Å². The highest BCUT2D eigenvalue weighted by atomic mass is 16.5. The van der Waals surface area contributed by atoms with Crippen LogP contribution in [0.1, 0.15) is 18.9 Å². The summed E-state index contributed by atoms with van der Waals surface area (Å²) >= 11 is 0. The van der Waals surface area contributed by atoms with Crippen molar-refractivity contribution in [3.63, 3.8) is 0 Å². The van der Waals surface area contributed by atoms with Crippen LogP contribution in [0.4, 0.5) is 5.69 Å². The number of azide groups is 1. The number of ether oxygens (including phenoxy) is 1. The van der Waals surface area contributed by atoms with Gasteiger partial charge in [0.2, 0.25) is 5.91 Å². The highest BCUT2D eigenvalue weighted by Crippen LogP contribution is 2.32. The number of esters is 1. The second-order valence-corrected chi connectivity index (χ2v) is 6.20. The van der Waals surface area contributed by atoms with Crippen molar-refractivity contribution in [2.45, 2.75) is 25.8 Å². The molecule has 3 rings (SSSR count). The number of benzene rings is 2. The molecular formula is C20H20N4O3. The molecule has 1 atom stereocenters.